The smallest absolute Gasteiger partial charge is 0.408 e. The Balaban J connectivity index is 2.80. The van der Waals surface area contributed by atoms with Crippen LogP contribution < -0.4 is 10.4 Å². The van der Waals surface area contributed by atoms with Gasteiger partial charge in [0.15, 0.2) is 9.84 Å². The number of nitrogens with one attached hydrogen (secondary N) is 1. The number of alkyl carbamates (subject to hydrolysis) is 1. The van der Waals surface area contributed by atoms with Crippen molar-refractivity contribution in [1.29, 1.82) is 0 Å². The van der Waals surface area contributed by atoms with E-state index in [1.807, 2.05) is 0 Å². The van der Waals surface area contributed by atoms with Gasteiger partial charge in [-0.15, -0.1) is 0 Å². The van der Waals surface area contributed by atoms with Gasteiger partial charge in [0.1, 0.15) is 5.60 Å². The molecule has 0 radical (unpaired) electrons. The maximum atomic E-state index is 11.6. The highest BCUT2D eigenvalue weighted by Crippen LogP contribution is 2.24. The summed E-state index contributed by atoms with van der Waals surface area (Å²) in [5.41, 5.74) is -2.44. The van der Waals surface area contributed by atoms with Crippen molar-refractivity contribution in [3.63, 3.8) is 0 Å². The van der Waals surface area contributed by atoms with Crippen molar-refractivity contribution < 1.29 is 27.9 Å². The zero-order valence-electron chi connectivity index (χ0n) is 11.2. The summed E-state index contributed by atoms with van der Waals surface area (Å²) in [6.45, 7) is 4.93. The minimum absolute atomic E-state index is 0.211. The highest BCUT2D eigenvalue weighted by Gasteiger charge is 2.40. The van der Waals surface area contributed by atoms with Gasteiger partial charge >= 0.3 is 6.09 Å². The van der Waals surface area contributed by atoms with Crippen molar-refractivity contribution in [3.05, 3.63) is 0 Å². The monoisotopic (exact) mass is 292 g/mol. The Kier molecular flexibility index (Phi) is 4.14. The van der Waals surface area contributed by atoms with E-state index < -0.39 is 33.0 Å². The molecule has 1 fully saturated rings. The Morgan fingerprint density at radius 2 is 1.68 bits per heavy atom. The van der Waals surface area contributed by atoms with Crippen LogP contribution >= 0.6 is 0 Å². The van der Waals surface area contributed by atoms with Crippen LogP contribution in [-0.2, 0) is 19.4 Å². The lowest BCUT2D eigenvalue weighted by Crippen LogP contribution is -2.63. The molecule has 0 aromatic carbocycles. The van der Waals surface area contributed by atoms with Crippen molar-refractivity contribution in [1.82, 2.24) is 5.32 Å². The number of carboxylic acids is 1. The maximum absolute atomic E-state index is 11.6. The van der Waals surface area contributed by atoms with Crippen molar-refractivity contribution in [2.75, 3.05) is 11.5 Å². The van der Waals surface area contributed by atoms with Gasteiger partial charge in [-0.05, 0) is 33.6 Å². The Bertz CT molecular complexity index is 462. The number of aliphatic carboxylic acids is 1. The molecule has 19 heavy (non-hydrogen) atoms. The van der Waals surface area contributed by atoms with Gasteiger partial charge in [0.05, 0.1) is 23.0 Å². The van der Waals surface area contributed by atoms with Gasteiger partial charge in [0.2, 0.25) is 0 Å². The van der Waals surface area contributed by atoms with Gasteiger partial charge in [-0.2, -0.15) is 0 Å². The maximum Gasteiger partial charge on any atom is 0.408 e. The second kappa shape index (κ2) is 4.99. The minimum Gasteiger partial charge on any atom is -0.548 e. The van der Waals surface area contributed by atoms with Gasteiger partial charge in [-0.25, -0.2) is 13.2 Å². The fourth-order valence-corrected chi connectivity index (χ4v) is 3.29. The van der Waals surface area contributed by atoms with Crippen LogP contribution in [0.5, 0.6) is 0 Å². The third-order valence-corrected chi connectivity index (χ3v) is 4.46. The predicted octanol–water partition coefficient (Wildman–Crippen LogP) is -0.792. The third kappa shape index (κ3) is 4.38. The summed E-state index contributed by atoms with van der Waals surface area (Å²) < 4.78 is 27.6. The van der Waals surface area contributed by atoms with Crippen molar-refractivity contribution in [3.8, 4) is 0 Å². The number of hydrogen-bond acceptors (Lipinski definition) is 6. The molecule has 1 heterocycles. The molecule has 0 atom stereocenters. The lowest BCUT2D eigenvalue weighted by Gasteiger charge is -2.38. The molecule has 0 spiro atoms. The molecule has 0 saturated carbocycles. The normalized spacial score (nSPS) is 21.4. The Morgan fingerprint density at radius 3 is 2.05 bits per heavy atom. The molecule has 0 aromatic heterocycles. The van der Waals surface area contributed by atoms with E-state index in [1.165, 1.54) is 0 Å². The SMILES string of the molecule is CC(C)(C)OC(=O)NC1(C(=O)[O-])CCS(=O)(=O)CC1. The number of sulfone groups is 1. The van der Waals surface area contributed by atoms with Crippen LogP contribution in [0.25, 0.3) is 0 Å². The second-order valence-corrected chi connectivity index (χ2v) is 7.95. The second-order valence-electron chi connectivity index (χ2n) is 5.65. The van der Waals surface area contributed by atoms with Crippen LogP contribution in [0.2, 0.25) is 0 Å². The van der Waals surface area contributed by atoms with E-state index >= 15 is 0 Å². The summed E-state index contributed by atoms with van der Waals surface area (Å²) in [5, 5.41) is 13.5. The predicted molar refractivity (Wildman–Crippen MR) is 65.0 cm³/mol. The largest absolute Gasteiger partial charge is 0.548 e. The summed E-state index contributed by atoms with van der Waals surface area (Å²) >= 11 is 0. The van der Waals surface area contributed by atoms with E-state index in [0.29, 0.717) is 0 Å². The number of hydrogen-bond donors (Lipinski definition) is 1. The molecular formula is C11H18NO6S-. The summed E-state index contributed by atoms with van der Waals surface area (Å²) in [4.78, 5) is 22.8. The highest BCUT2D eigenvalue weighted by atomic mass is 32.2. The first-order valence-corrected chi connectivity index (χ1v) is 7.71. The average molecular weight is 292 g/mol. The molecular weight excluding hydrogens is 274 g/mol. The summed E-state index contributed by atoms with van der Waals surface area (Å²) in [6.07, 6.45) is -1.32. The lowest BCUT2D eigenvalue weighted by atomic mass is 9.92. The summed E-state index contributed by atoms with van der Waals surface area (Å²) in [7, 11) is -3.24. The lowest BCUT2D eigenvalue weighted by molar-refractivity contribution is -0.314. The fraction of sp³-hybridized carbons (Fsp3) is 0.818. The Morgan fingerprint density at radius 1 is 1.21 bits per heavy atom. The van der Waals surface area contributed by atoms with Crippen molar-refractivity contribution >= 4 is 21.9 Å². The molecule has 7 nitrogen and oxygen atoms in total. The van der Waals surface area contributed by atoms with Gasteiger partial charge in [-0.1, -0.05) is 0 Å². The van der Waals surface area contributed by atoms with E-state index in [2.05, 4.69) is 5.32 Å². The van der Waals surface area contributed by atoms with E-state index in [-0.39, 0.29) is 24.3 Å². The number of carbonyl (C=O) groups is 2. The van der Waals surface area contributed by atoms with Crippen molar-refractivity contribution in [2.24, 2.45) is 0 Å². The van der Waals surface area contributed by atoms with Gasteiger partial charge in [-0.3, -0.25) is 0 Å². The number of carboxylic acid groups (broad SMARTS) is 1. The first-order chi connectivity index (χ1) is 8.46. The number of amides is 1. The molecule has 0 unspecified atom stereocenters. The molecule has 1 aliphatic rings. The number of carbonyl (C=O) groups excluding carboxylic acids is 2. The number of rotatable bonds is 2. The minimum atomic E-state index is -3.24. The molecule has 1 N–H and O–H groups in total. The van der Waals surface area contributed by atoms with E-state index in [1.54, 1.807) is 20.8 Å². The van der Waals surface area contributed by atoms with E-state index in [0.717, 1.165) is 0 Å². The highest BCUT2D eigenvalue weighted by molar-refractivity contribution is 7.91. The zero-order valence-corrected chi connectivity index (χ0v) is 12.0. The Hall–Kier alpha value is -1.31. The van der Waals surface area contributed by atoms with Crippen LogP contribution in [0.15, 0.2) is 0 Å². The summed E-state index contributed by atoms with van der Waals surface area (Å²) in [5.74, 6) is -2.08. The Labute approximate surface area is 112 Å². The van der Waals surface area contributed by atoms with Crippen molar-refractivity contribution in [2.45, 2.75) is 44.8 Å². The zero-order chi connectivity index (χ0) is 14.9. The fourth-order valence-electron chi connectivity index (χ4n) is 1.77. The van der Waals surface area contributed by atoms with Crippen LogP contribution in [0, 0.1) is 0 Å². The first-order valence-electron chi connectivity index (χ1n) is 5.89. The standard InChI is InChI=1S/C11H19NO6S/c1-10(2,3)18-9(15)12-11(8(13)14)4-6-19(16,17)7-5-11/h4-7H2,1-3H3,(H,12,15)(H,13,14)/p-1. The molecule has 1 amide bonds. The first kappa shape index (κ1) is 15.7. The molecule has 110 valence electrons. The van der Waals surface area contributed by atoms with Gasteiger partial charge in [0, 0.05) is 0 Å². The molecule has 0 bridgehead atoms. The molecule has 1 saturated heterocycles. The third-order valence-electron chi connectivity index (χ3n) is 2.81. The van der Waals surface area contributed by atoms with Gasteiger partial charge in [0.25, 0.3) is 0 Å². The molecule has 1 aliphatic heterocycles. The molecule has 0 aromatic rings. The topological polar surface area (TPSA) is 113 Å². The summed E-state index contributed by atoms with van der Waals surface area (Å²) in [6, 6.07) is 0. The average Bonchev–Trinajstić information content (AvgIpc) is 2.18. The van der Waals surface area contributed by atoms with Crippen LogP contribution in [0.1, 0.15) is 33.6 Å². The van der Waals surface area contributed by atoms with Crippen LogP contribution in [-0.4, -0.2) is 43.1 Å². The number of ether oxygens (including phenoxy) is 1. The van der Waals surface area contributed by atoms with Crippen LogP contribution in [0.3, 0.4) is 0 Å². The van der Waals surface area contributed by atoms with E-state index in [4.69, 9.17) is 4.74 Å². The van der Waals surface area contributed by atoms with Gasteiger partial charge < -0.3 is 20.0 Å². The van der Waals surface area contributed by atoms with E-state index in [9.17, 15) is 23.1 Å². The molecule has 0 aliphatic carbocycles. The molecule has 1 rings (SSSR count). The molecule has 8 heteroatoms. The van der Waals surface area contributed by atoms with Crippen LogP contribution in [0.4, 0.5) is 4.79 Å². The quantitative estimate of drug-likeness (QED) is 0.713.